The van der Waals surface area contributed by atoms with Gasteiger partial charge in [0, 0.05) is 12.5 Å². The fourth-order valence-corrected chi connectivity index (χ4v) is 2.16. The normalized spacial score (nSPS) is 10.2. The van der Waals surface area contributed by atoms with E-state index in [1.165, 1.54) is 6.08 Å². The second kappa shape index (κ2) is 9.82. The number of hydrogen-bond acceptors (Lipinski definition) is 3. The summed E-state index contributed by atoms with van der Waals surface area (Å²) in [5.41, 5.74) is 0.835. The highest BCUT2D eigenvalue weighted by atomic mass is 35.5. The number of ether oxygens (including phenoxy) is 2. The third-order valence-corrected chi connectivity index (χ3v) is 3.31. The highest BCUT2D eigenvalue weighted by molar-refractivity contribution is 6.55. The SMILES string of the molecule is Cc1cc(OCC=C(Cl)Cl)cc(Cl)c1OCCCCC(=O)O. The summed E-state index contributed by atoms with van der Waals surface area (Å²) < 4.78 is 11.2. The van der Waals surface area contributed by atoms with Gasteiger partial charge in [0.25, 0.3) is 0 Å². The maximum absolute atomic E-state index is 10.4. The zero-order valence-electron chi connectivity index (χ0n) is 12.1. The quantitative estimate of drug-likeness (QED) is 0.625. The minimum absolute atomic E-state index is 0.138. The van der Waals surface area contributed by atoms with E-state index in [0.29, 0.717) is 36.0 Å². The summed E-state index contributed by atoms with van der Waals surface area (Å²) in [6.45, 7) is 2.52. The molecular weight excluding hydrogens is 351 g/mol. The average molecular weight is 368 g/mol. The number of carboxylic acid groups (broad SMARTS) is 1. The molecule has 22 heavy (non-hydrogen) atoms. The fourth-order valence-electron chi connectivity index (χ4n) is 1.72. The van der Waals surface area contributed by atoms with Crippen molar-refractivity contribution in [2.75, 3.05) is 13.2 Å². The lowest BCUT2D eigenvalue weighted by Crippen LogP contribution is -2.02. The Morgan fingerprint density at radius 3 is 2.59 bits per heavy atom. The second-order valence-electron chi connectivity index (χ2n) is 4.56. The van der Waals surface area contributed by atoms with Gasteiger partial charge in [-0.15, -0.1) is 0 Å². The molecular formula is C15H17Cl3O4. The molecule has 0 amide bonds. The minimum atomic E-state index is -0.804. The summed E-state index contributed by atoms with van der Waals surface area (Å²) in [4.78, 5) is 10.4. The van der Waals surface area contributed by atoms with E-state index in [-0.39, 0.29) is 17.5 Å². The van der Waals surface area contributed by atoms with Gasteiger partial charge in [0.2, 0.25) is 0 Å². The van der Waals surface area contributed by atoms with Crippen LogP contribution in [0.4, 0.5) is 0 Å². The van der Waals surface area contributed by atoms with Crippen molar-refractivity contribution in [1.82, 2.24) is 0 Å². The maximum atomic E-state index is 10.4. The summed E-state index contributed by atoms with van der Waals surface area (Å²) in [6.07, 6.45) is 2.89. The Hall–Kier alpha value is -1.10. The van der Waals surface area contributed by atoms with Crippen LogP contribution in [-0.2, 0) is 4.79 Å². The van der Waals surface area contributed by atoms with Gasteiger partial charge in [-0.25, -0.2) is 0 Å². The third-order valence-electron chi connectivity index (χ3n) is 2.72. The van der Waals surface area contributed by atoms with Gasteiger partial charge in [0.05, 0.1) is 11.6 Å². The molecule has 0 saturated carbocycles. The number of aliphatic carboxylic acids is 1. The van der Waals surface area contributed by atoms with Gasteiger partial charge in [0.1, 0.15) is 22.6 Å². The van der Waals surface area contributed by atoms with E-state index >= 15 is 0 Å². The number of hydrogen-bond donors (Lipinski definition) is 1. The molecule has 4 nitrogen and oxygen atoms in total. The summed E-state index contributed by atoms with van der Waals surface area (Å²) in [5.74, 6) is 0.364. The molecule has 122 valence electrons. The van der Waals surface area contributed by atoms with Gasteiger partial charge in [-0.3, -0.25) is 4.79 Å². The van der Waals surface area contributed by atoms with E-state index in [1.54, 1.807) is 12.1 Å². The van der Waals surface area contributed by atoms with Crippen molar-refractivity contribution in [3.63, 3.8) is 0 Å². The van der Waals surface area contributed by atoms with Crippen LogP contribution in [-0.4, -0.2) is 24.3 Å². The van der Waals surface area contributed by atoms with Crippen molar-refractivity contribution < 1.29 is 19.4 Å². The zero-order chi connectivity index (χ0) is 16.5. The Kier molecular flexibility index (Phi) is 8.46. The van der Waals surface area contributed by atoms with Gasteiger partial charge in [-0.1, -0.05) is 34.8 Å². The van der Waals surface area contributed by atoms with E-state index < -0.39 is 5.97 Å². The van der Waals surface area contributed by atoms with Crippen molar-refractivity contribution >= 4 is 40.8 Å². The molecule has 7 heteroatoms. The highest BCUT2D eigenvalue weighted by Gasteiger charge is 2.09. The third kappa shape index (κ3) is 7.25. The van der Waals surface area contributed by atoms with Crippen LogP contribution in [0.5, 0.6) is 11.5 Å². The lowest BCUT2D eigenvalue weighted by Gasteiger charge is -2.13. The second-order valence-corrected chi connectivity index (χ2v) is 5.97. The van der Waals surface area contributed by atoms with E-state index in [4.69, 9.17) is 49.4 Å². The van der Waals surface area contributed by atoms with Gasteiger partial charge < -0.3 is 14.6 Å². The lowest BCUT2D eigenvalue weighted by molar-refractivity contribution is -0.137. The summed E-state index contributed by atoms with van der Waals surface area (Å²) in [5, 5.41) is 9.00. The van der Waals surface area contributed by atoms with Crippen LogP contribution in [0.1, 0.15) is 24.8 Å². The molecule has 0 aliphatic rings. The minimum Gasteiger partial charge on any atom is -0.492 e. The van der Waals surface area contributed by atoms with Gasteiger partial charge >= 0.3 is 5.97 Å². The number of carboxylic acids is 1. The Morgan fingerprint density at radius 1 is 1.27 bits per heavy atom. The number of aryl methyl sites for hydroxylation is 1. The smallest absolute Gasteiger partial charge is 0.303 e. The number of benzene rings is 1. The van der Waals surface area contributed by atoms with Crippen LogP contribution in [0.15, 0.2) is 22.7 Å². The average Bonchev–Trinajstić information content (AvgIpc) is 2.40. The summed E-state index contributed by atoms with van der Waals surface area (Å²) in [7, 11) is 0. The molecule has 0 radical (unpaired) electrons. The van der Waals surface area contributed by atoms with Crippen molar-refractivity contribution in [2.24, 2.45) is 0 Å². The Balaban J connectivity index is 2.54. The first kappa shape index (κ1) is 18.9. The highest BCUT2D eigenvalue weighted by Crippen LogP contribution is 2.33. The van der Waals surface area contributed by atoms with Crippen LogP contribution in [0.25, 0.3) is 0 Å². The van der Waals surface area contributed by atoms with Crippen molar-refractivity contribution in [3.8, 4) is 11.5 Å². The molecule has 0 unspecified atom stereocenters. The van der Waals surface area contributed by atoms with Crippen LogP contribution in [0, 0.1) is 6.92 Å². The monoisotopic (exact) mass is 366 g/mol. The van der Waals surface area contributed by atoms with E-state index in [0.717, 1.165) is 5.56 Å². The van der Waals surface area contributed by atoms with Crippen LogP contribution in [0.3, 0.4) is 0 Å². The predicted octanol–water partition coefficient (Wildman–Crippen LogP) is 4.98. The first-order valence-electron chi connectivity index (χ1n) is 6.69. The molecule has 1 N–H and O–H groups in total. The van der Waals surface area contributed by atoms with Crippen molar-refractivity contribution in [3.05, 3.63) is 33.3 Å². The summed E-state index contributed by atoms with van der Waals surface area (Å²) >= 11 is 17.2. The molecule has 0 fully saturated rings. The Morgan fingerprint density at radius 2 is 2.00 bits per heavy atom. The largest absolute Gasteiger partial charge is 0.492 e. The standard InChI is InChI=1S/C15H17Cl3O4/c1-10-8-11(21-7-5-13(17)18)9-12(16)15(10)22-6-3-2-4-14(19)20/h5,8-9H,2-4,6-7H2,1H3,(H,19,20). The molecule has 0 atom stereocenters. The number of carbonyl (C=O) groups is 1. The van der Waals surface area contributed by atoms with E-state index in [1.807, 2.05) is 6.92 Å². The topological polar surface area (TPSA) is 55.8 Å². The van der Waals surface area contributed by atoms with Crippen molar-refractivity contribution in [1.29, 1.82) is 0 Å². The molecule has 0 aliphatic heterocycles. The molecule has 1 rings (SSSR count). The number of halogens is 3. The Labute approximate surface area is 144 Å². The van der Waals surface area contributed by atoms with E-state index in [2.05, 4.69) is 0 Å². The molecule has 0 aromatic heterocycles. The van der Waals surface area contributed by atoms with Crippen molar-refractivity contribution in [2.45, 2.75) is 26.2 Å². The molecule has 0 saturated heterocycles. The molecule has 1 aromatic rings. The first-order valence-corrected chi connectivity index (χ1v) is 7.82. The molecule has 0 bridgehead atoms. The number of unbranched alkanes of at least 4 members (excludes halogenated alkanes) is 1. The predicted molar refractivity (Wildman–Crippen MR) is 88.5 cm³/mol. The fraction of sp³-hybridized carbons (Fsp3) is 0.400. The maximum Gasteiger partial charge on any atom is 0.303 e. The lowest BCUT2D eigenvalue weighted by atomic mass is 10.2. The first-order chi connectivity index (χ1) is 10.4. The van der Waals surface area contributed by atoms with Crippen LogP contribution < -0.4 is 9.47 Å². The van der Waals surface area contributed by atoms with E-state index in [9.17, 15) is 4.79 Å². The molecule has 1 aromatic carbocycles. The van der Waals surface area contributed by atoms with Crippen LogP contribution in [0.2, 0.25) is 5.02 Å². The Bertz CT molecular complexity index is 517. The van der Waals surface area contributed by atoms with Gasteiger partial charge in [-0.2, -0.15) is 0 Å². The molecule has 0 heterocycles. The van der Waals surface area contributed by atoms with Crippen LogP contribution >= 0.6 is 34.8 Å². The summed E-state index contributed by atoms with van der Waals surface area (Å²) in [6, 6.07) is 3.45. The zero-order valence-corrected chi connectivity index (χ0v) is 14.3. The number of rotatable bonds is 9. The van der Waals surface area contributed by atoms with Gasteiger partial charge in [0.15, 0.2) is 0 Å². The molecule has 0 spiro atoms. The van der Waals surface area contributed by atoms with Gasteiger partial charge in [-0.05, 0) is 37.5 Å². The molecule has 0 aliphatic carbocycles.